The van der Waals surface area contributed by atoms with Crippen LogP contribution in [0, 0.1) is 4.91 Å². The third-order valence-electron chi connectivity index (χ3n) is 3.59. The van der Waals surface area contributed by atoms with Gasteiger partial charge in [0, 0.05) is 17.9 Å². The number of hydrogen-bond donors (Lipinski definition) is 3. The lowest BCUT2D eigenvalue weighted by atomic mass is 10.00. The maximum absolute atomic E-state index is 11.9. The van der Waals surface area contributed by atoms with Gasteiger partial charge in [0.25, 0.3) is 0 Å². The van der Waals surface area contributed by atoms with Crippen LogP contribution in [0.2, 0.25) is 0 Å². The summed E-state index contributed by atoms with van der Waals surface area (Å²) in [6, 6.07) is 2.62. The number of esters is 1. The van der Waals surface area contributed by atoms with Gasteiger partial charge in [0.05, 0.1) is 12.7 Å². The van der Waals surface area contributed by atoms with E-state index < -0.39 is 24.2 Å². The molecule has 0 aliphatic carbocycles. The highest BCUT2D eigenvalue weighted by Gasteiger charge is 2.27. The molecule has 1 heterocycles. The van der Waals surface area contributed by atoms with Gasteiger partial charge in [0.1, 0.15) is 17.0 Å². The quantitative estimate of drug-likeness (QED) is 0.387. The summed E-state index contributed by atoms with van der Waals surface area (Å²) in [5.41, 5.74) is 0. The second kappa shape index (κ2) is 11.2. The van der Waals surface area contributed by atoms with Gasteiger partial charge < -0.3 is 20.1 Å². The molecule has 0 fully saturated rings. The summed E-state index contributed by atoms with van der Waals surface area (Å²) in [5.74, 6) is -0.464. The first-order valence-corrected chi connectivity index (χ1v) is 8.90. The first-order valence-electron chi connectivity index (χ1n) is 8.08. The number of thiophene rings is 1. The molecule has 0 bridgehead atoms. The van der Waals surface area contributed by atoms with Crippen LogP contribution >= 0.6 is 11.3 Å². The van der Waals surface area contributed by atoms with E-state index in [1.807, 2.05) is 6.07 Å². The van der Waals surface area contributed by atoms with Gasteiger partial charge >= 0.3 is 5.97 Å². The minimum absolute atomic E-state index is 0.00520. The molecule has 3 unspecified atom stereocenters. The van der Waals surface area contributed by atoms with Gasteiger partial charge in [0.15, 0.2) is 0 Å². The molecule has 0 saturated heterocycles. The molecule has 136 valence electrons. The molecular formula is C16H25NO6S. The molecule has 24 heavy (non-hydrogen) atoms. The summed E-state index contributed by atoms with van der Waals surface area (Å²) in [6.45, 7) is 1.88. The Bertz CT molecular complexity index is 507. The maximum Gasteiger partial charge on any atom is 0.348 e. The average Bonchev–Trinajstić information content (AvgIpc) is 3.04. The highest BCUT2D eigenvalue weighted by atomic mass is 32.1. The lowest BCUT2D eigenvalue weighted by molar-refractivity contribution is -0.0149. The van der Waals surface area contributed by atoms with Crippen molar-refractivity contribution in [1.82, 2.24) is 0 Å². The van der Waals surface area contributed by atoms with E-state index in [2.05, 4.69) is 12.1 Å². The van der Waals surface area contributed by atoms with Crippen LogP contribution in [0.4, 0.5) is 0 Å². The largest absolute Gasteiger partial charge is 0.461 e. The zero-order chi connectivity index (χ0) is 17.9. The monoisotopic (exact) mass is 359 g/mol. The summed E-state index contributed by atoms with van der Waals surface area (Å²) in [6.07, 6.45) is -0.145. The molecule has 0 amide bonds. The molecule has 0 radical (unpaired) electrons. The summed E-state index contributed by atoms with van der Waals surface area (Å²) in [7, 11) is 0. The number of aliphatic hydroxyl groups excluding tert-OH is 3. The second-order valence-corrected chi connectivity index (χ2v) is 6.71. The third kappa shape index (κ3) is 6.64. The summed E-state index contributed by atoms with van der Waals surface area (Å²) in [4.78, 5) is 24.2. The molecule has 1 rings (SSSR count). The zero-order valence-electron chi connectivity index (χ0n) is 13.8. The minimum atomic E-state index is -1.34. The topological polar surface area (TPSA) is 116 Å². The smallest absolute Gasteiger partial charge is 0.348 e. The number of carbonyl (C=O) groups excluding carboxylic acids is 1. The predicted octanol–water partition coefficient (Wildman–Crippen LogP) is 1.88. The number of hydrogen-bond acceptors (Lipinski definition) is 8. The van der Waals surface area contributed by atoms with Crippen molar-refractivity contribution in [2.75, 3.05) is 13.2 Å². The first kappa shape index (κ1) is 20.7. The standard InChI is InChI=1S/C16H25NO6S/c1-2-4-11-6-7-14(24-11)16(21)23-10-8-13(19)15(20)12(17-22)5-3-9-18/h6-7,12-13,15,18-20H,2-5,8-10H2,1H3. The highest BCUT2D eigenvalue weighted by molar-refractivity contribution is 7.13. The molecular weight excluding hydrogens is 334 g/mol. The number of aliphatic hydroxyl groups is 3. The summed E-state index contributed by atoms with van der Waals surface area (Å²) < 4.78 is 5.09. The average molecular weight is 359 g/mol. The van der Waals surface area contributed by atoms with Crippen LogP contribution in [0.3, 0.4) is 0 Å². The van der Waals surface area contributed by atoms with E-state index >= 15 is 0 Å². The Morgan fingerprint density at radius 2 is 2.08 bits per heavy atom. The number of carbonyl (C=O) groups is 1. The van der Waals surface area contributed by atoms with Crippen LogP contribution in [-0.4, -0.2) is 52.8 Å². The van der Waals surface area contributed by atoms with Crippen LogP contribution < -0.4 is 0 Å². The Morgan fingerprint density at radius 1 is 1.33 bits per heavy atom. The molecule has 7 nitrogen and oxygen atoms in total. The van der Waals surface area contributed by atoms with Crippen molar-refractivity contribution in [3.05, 3.63) is 26.8 Å². The molecule has 3 atom stereocenters. The summed E-state index contributed by atoms with van der Waals surface area (Å²) >= 11 is 1.38. The van der Waals surface area contributed by atoms with E-state index in [4.69, 9.17) is 9.84 Å². The minimum Gasteiger partial charge on any atom is -0.461 e. The van der Waals surface area contributed by atoms with Crippen molar-refractivity contribution >= 4 is 17.3 Å². The number of aryl methyl sites for hydroxylation is 1. The van der Waals surface area contributed by atoms with Crippen LogP contribution in [0.1, 0.15) is 47.2 Å². The fourth-order valence-electron chi connectivity index (χ4n) is 2.23. The van der Waals surface area contributed by atoms with Crippen molar-refractivity contribution in [2.45, 2.75) is 57.3 Å². The molecule has 0 saturated carbocycles. The van der Waals surface area contributed by atoms with Crippen molar-refractivity contribution in [3.63, 3.8) is 0 Å². The zero-order valence-corrected chi connectivity index (χ0v) is 14.6. The molecule has 0 aromatic carbocycles. The van der Waals surface area contributed by atoms with Crippen LogP contribution in [0.15, 0.2) is 17.3 Å². The molecule has 3 N–H and O–H groups in total. The molecule has 1 aromatic rings. The van der Waals surface area contributed by atoms with Crippen molar-refractivity contribution in [3.8, 4) is 0 Å². The first-order chi connectivity index (χ1) is 11.5. The maximum atomic E-state index is 11.9. The Hall–Kier alpha value is -1.35. The highest BCUT2D eigenvalue weighted by Crippen LogP contribution is 2.19. The van der Waals surface area contributed by atoms with Crippen molar-refractivity contribution < 1.29 is 24.9 Å². The Morgan fingerprint density at radius 3 is 2.71 bits per heavy atom. The number of rotatable bonds is 12. The molecule has 0 aliphatic rings. The summed E-state index contributed by atoms with van der Waals surface area (Å²) in [5, 5.41) is 31.3. The van der Waals surface area contributed by atoms with Crippen LogP contribution in [-0.2, 0) is 11.2 Å². The molecule has 0 spiro atoms. The van der Waals surface area contributed by atoms with E-state index in [9.17, 15) is 19.9 Å². The van der Waals surface area contributed by atoms with Gasteiger partial charge in [-0.2, -0.15) is 4.91 Å². The van der Waals surface area contributed by atoms with E-state index in [0.29, 0.717) is 11.3 Å². The lowest BCUT2D eigenvalue weighted by Crippen LogP contribution is -2.37. The fourth-order valence-corrected chi connectivity index (χ4v) is 3.23. The lowest BCUT2D eigenvalue weighted by Gasteiger charge is -2.21. The fraction of sp³-hybridized carbons (Fsp3) is 0.688. The van der Waals surface area contributed by atoms with E-state index in [1.54, 1.807) is 6.07 Å². The predicted molar refractivity (Wildman–Crippen MR) is 91.1 cm³/mol. The number of nitrogens with zero attached hydrogens (tertiary/aromatic N) is 1. The van der Waals surface area contributed by atoms with Crippen molar-refractivity contribution in [2.24, 2.45) is 5.18 Å². The molecule has 0 aliphatic heterocycles. The number of nitroso groups, excluding NO2 is 1. The van der Waals surface area contributed by atoms with Gasteiger partial charge in [0.2, 0.25) is 0 Å². The van der Waals surface area contributed by atoms with Gasteiger partial charge in [-0.15, -0.1) is 11.3 Å². The van der Waals surface area contributed by atoms with Gasteiger partial charge in [-0.25, -0.2) is 4.79 Å². The normalized spacial score (nSPS) is 14.8. The molecule has 1 aromatic heterocycles. The van der Waals surface area contributed by atoms with Crippen molar-refractivity contribution in [1.29, 1.82) is 0 Å². The third-order valence-corrected chi connectivity index (χ3v) is 4.71. The van der Waals surface area contributed by atoms with Gasteiger partial charge in [-0.1, -0.05) is 18.5 Å². The second-order valence-electron chi connectivity index (χ2n) is 5.54. The van der Waals surface area contributed by atoms with Crippen LogP contribution in [0.5, 0.6) is 0 Å². The van der Waals surface area contributed by atoms with Gasteiger partial charge in [-0.3, -0.25) is 0 Å². The SMILES string of the molecule is CCCc1ccc(C(=O)OCCC(O)C(O)C(CCCO)N=O)s1. The Kier molecular flexibility index (Phi) is 9.70. The van der Waals surface area contributed by atoms with E-state index in [1.165, 1.54) is 11.3 Å². The van der Waals surface area contributed by atoms with Gasteiger partial charge in [-0.05, 0) is 31.4 Å². The Balaban J connectivity index is 2.38. The Labute approximate surface area is 145 Å². The number of ether oxygens (including phenoxy) is 1. The van der Waals surface area contributed by atoms with E-state index in [0.717, 1.165) is 17.7 Å². The van der Waals surface area contributed by atoms with E-state index in [-0.39, 0.29) is 26.1 Å². The molecule has 8 heteroatoms. The van der Waals surface area contributed by atoms with Crippen LogP contribution in [0.25, 0.3) is 0 Å².